The summed E-state index contributed by atoms with van der Waals surface area (Å²) in [6.07, 6.45) is 3.86. The van der Waals surface area contributed by atoms with E-state index in [4.69, 9.17) is 4.74 Å². The standard InChI is InChI=1S/C22H31FN2O3/c1-21(2,28-4)20(27)24-14-13-22(3)18(24)7-5-6-8-19(26)25(22)15-16-9-11-17(23)12-10-16/h9-12,18H,5-8,13-15H2,1-4H3/t18-,22-/m1/s1. The Morgan fingerprint density at radius 3 is 2.61 bits per heavy atom. The van der Waals surface area contributed by atoms with Crippen LogP contribution in [0.15, 0.2) is 24.3 Å². The van der Waals surface area contributed by atoms with Gasteiger partial charge in [-0.15, -0.1) is 0 Å². The van der Waals surface area contributed by atoms with Crippen molar-refractivity contribution in [1.82, 2.24) is 9.80 Å². The number of methoxy groups -OCH3 is 1. The largest absolute Gasteiger partial charge is 0.369 e. The maximum Gasteiger partial charge on any atom is 0.254 e. The lowest BCUT2D eigenvalue weighted by atomic mass is 9.84. The van der Waals surface area contributed by atoms with Crippen LogP contribution >= 0.6 is 0 Å². The molecule has 2 aliphatic rings. The van der Waals surface area contributed by atoms with Crippen LogP contribution in [-0.2, 0) is 20.9 Å². The lowest BCUT2D eigenvalue weighted by Crippen LogP contribution is -2.59. The minimum Gasteiger partial charge on any atom is -0.369 e. The number of nitrogens with zero attached hydrogens (tertiary/aromatic N) is 2. The van der Waals surface area contributed by atoms with E-state index in [0.717, 1.165) is 31.2 Å². The normalized spacial score (nSPS) is 26.0. The fourth-order valence-corrected chi connectivity index (χ4v) is 4.54. The summed E-state index contributed by atoms with van der Waals surface area (Å²) in [7, 11) is 1.55. The van der Waals surface area contributed by atoms with Crippen LogP contribution in [0.25, 0.3) is 0 Å². The molecule has 2 atom stereocenters. The number of likely N-dealkylation sites (tertiary alicyclic amines) is 2. The second-order valence-corrected chi connectivity index (χ2v) is 8.69. The molecule has 154 valence electrons. The van der Waals surface area contributed by atoms with Crippen molar-refractivity contribution in [3.05, 3.63) is 35.6 Å². The van der Waals surface area contributed by atoms with Gasteiger partial charge in [-0.2, -0.15) is 0 Å². The molecule has 0 radical (unpaired) electrons. The van der Waals surface area contributed by atoms with Crippen LogP contribution in [0, 0.1) is 5.82 Å². The molecular weight excluding hydrogens is 359 g/mol. The van der Waals surface area contributed by atoms with E-state index >= 15 is 0 Å². The Labute approximate surface area is 166 Å². The van der Waals surface area contributed by atoms with Gasteiger partial charge in [0.05, 0.1) is 11.6 Å². The van der Waals surface area contributed by atoms with Gasteiger partial charge >= 0.3 is 0 Å². The van der Waals surface area contributed by atoms with Gasteiger partial charge < -0.3 is 14.5 Å². The predicted molar refractivity (Wildman–Crippen MR) is 105 cm³/mol. The number of rotatable bonds is 4. The highest BCUT2D eigenvalue weighted by atomic mass is 19.1. The zero-order chi connectivity index (χ0) is 20.5. The molecule has 0 saturated carbocycles. The van der Waals surface area contributed by atoms with Gasteiger partial charge in [0.1, 0.15) is 11.4 Å². The molecule has 5 nitrogen and oxygen atoms in total. The van der Waals surface area contributed by atoms with Gasteiger partial charge in [-0.1, -0.05) is 18.6 Å². The first kappa shape index (κ1) is 20.8. The highest BCUT2D eigenvalue weighted by Crippen LogP contribution is 2.41. The Balaban J connectivity index is 1.92. The first-order valence-corrected chi connectivity index (χ1v) is 10.1. The molecule has 3 rings (SSSR count). The fourth-order valence-electron chi connectivity index (χ4n) is 4.54. The second-order valence-electron chi connectivity index (χ2n) is 8.69. The zero-order valence-corrected chi connectivity index (χ0v) is 17.3. The highest BCUT2D eigenvalue weighted by Gasteiger charge is 2.52. The predicted octanol–water partition coefficient (Wildman–Crippen LogP) is 3.51. The molecule has 6 heteroatoms. The highest BCUT2D eigenvalue weighted by molar-refractivity contribution is 5.85. The zero-order valence-electron chi connectivity index (χ0n) is 17.3. The van der Waals surface area contributed by atoms with E-state index < -0.39 is 11.1 Å². The molecule has 28 heavy (non-hydrogen) atoms. The smallest absolute Gasteiger partial charge is 0.254 e. The summed E-state index contributed by atoms with van der Waals surface area (Å²) in [4.78, 5) is 30.0. The Morgan fingerprint density at radius 2 is 1.96 bits per heavy atom. The maximum absolute atomic E-state index is 13.3. The summed E-state index contributed by atoms with van der Waals surface area (Å²) in [6, 6.07) is 6.26. The van der Waals surface area contributed by atoms with Gasteiger partial charge in [0.15, 0.2) is 0 Å². The molecule has 0 N–H and O–H groups in total. The Bertz CT molecular complexity index is 734. The van der Waals surface area contributed by atoms with Crippen LogP contribution < -0.4 is 0 Å². The number of halogens is 1. The SMILES string of the molecule is COC(C)(C)C(=O)N1CC[C@]2(C)[C@H]1CCCCC(=O)N2Cc1ccc(F)cc1. The quantitative estimate of drug-likeness (QED) is 0.791. The van der Waals surface area contributed by atoms with Crippen LogP contribution in [0.3, 0.4) is 0 Å². The van der Waals surface area contributed by atoms with Crippen molar-refractivity contribution >= 4 is 11.8 Å². The van der Waals surface area contributed by atoms with E-state index in [0.29, 0.717) is 19.5 Å². The van der Waals surface area contributed by atoms with Crippen LogP contribution in [0.2, 0.25) is 0 Å². The fraction of sp³-hybridized carbons (Fsp3) is 0.636. The summed E-state index contributed by atoms with van der Waals surface area (Å²) in [6.45, 7) is 6.71. The number of carbonyl (C=O) groups excluding carboxylic acids is 2. The first-order chi connectivity index (χ1) is 13.2. The van der Waals surface area contributed by atoms with E-state index in [9.17, 15) is 14.0 Å². The average molecular weight is 390 g/mol. The van der Waals surface area contributed by atoms with Crippen molar-refractivity contribution in [3.63, 3.8) is 0 Å². The van der Waals surface area contributed by atoms with E-state index in [2.05, 4.69) is 6.92 Å². The van der Waals surface area contributed by atoms with Crippen molar-refractivity contribution in [3.8, 4) is 0 Å². The Morgan fingerprint density at radius 1 is 1.29 bits per heavy atom. The summed E-state index contributed by atoms with van der Waals surface area (Å²) < 4.78 is 18.7. The Kier molecular flexibility index (Phi) is 5.80. The monoisotopic (exact) mass is 390 g/mol. The third-order valence-electron chi connectivity index (χ3n) is 6.53. The van der Waals surface area contributed by atoms with Crippen molar-refractivity contribution in [2.45, 2.75) is 76.6 Å². The maximum atomic E-state index is 13.3. The summed E-state index contributed by atoms with van der Waals surface area (Å²) in [5.41, 5.74) is -0.428. The van der Waals surface area contributed by atoms with E-state index in [1.807, 2.05) is 9.80 Å². The Hall–Kier alpha value is -1.95. The number of fused-ring (bicyclic) bond motifs is 1. The van der Waals surface area contributed by atoms with Crippen LogP contribution in [0.4, 0.5) is 4.39 Å². The molecular formula is C22H31FN2O3. The van der Waals surface area contributed by atoms with Crippen molar-refractivity contribution in [2.24, 2.45) is 0 Å². The van der Waals surface area contributed by atoms with Gasteiger partial charge in [0.2, 0.25) is 5.91 Å². The number of amides is 2. The molecule has 2 fully saturated rings. The number of ether oxygens (including phenoxy) is 1. The van der Waals surface area contributed by atoms with Gasteiger partial charge in [-0.05, 0) is 57.7 Å². The van der Waals surface area contributed by atoms with Crippen LogP contribution in [-0.4, -0.2) is 52.5 Å². The topological polar surface area (TPSA) is 49.9 Å². The van der Waals surface area contributed by atoms with Gasteiger partial charge in [-0.25, -0.2) is 4.39 Å². The van der Waals surface area contributed by atoms with E-state index in [1.54, 1.807) is 33.1 Å². The van der Waals surface area contributed by atoms with E-state index in [-0.39, 0.29) is 23.7 Å². The molecule has 2 amide bonds. The summed E-state index contributed by atoms with van der Waals surface area (Å²) in [5.74, 6) is -0.207. The van der Waals surface area contributed by atoms with E-state index in [1.165, 1.54) is 12.1 Å². The van der Waals surface area contributed by atoms with Crippen LogP contribution in [0.1, 0.15) is 58.4 Å². The second kappa shape index (κ2) is 7.82. The minimum absolute atomic E-state index is 0.0292. The number of benzene rings is 1. The summed E-state index contributed by atoms with van der Waals surface area (Å²) in [5, 5.41) is 0. The molecule has 0 bridgehead atoms. The minimum atomic E-state index is -0.889. The van der Waals surface area contributed by atoms with Crippen LogP contribution in [0.5, 0.6) is 0 Å². The molecule has 1 aromatic rings. The molecule has 0 spiro atoms. The molecule has 0 aromatic heterocycles. The molecule has 0 unspecified atom stereocenters. The third-order valence-corrected chi connectivity index (χ3v) is 6.53. The third kappa shape index (κ3) is 3.79. The number of hydrogen-bond acceptors (Lipinski definition) is 3. The average Bonchev–Trinajstić information content (AvgIpc) is 2.99. The van der Waals surface area contributed by atoms with Gasteiger partial charge in [0.25, 0.3) is 5.91 Å². The van der Waals surface area contributed by atoms with Crippen molar-refractivity contribution in [2.75, 3.05) is 13.7 Å². The molecule has 2 aliphatic heterocycles. The number of carbonyl (C=O) groups is 2. The lowest BCUT2D eigenvalue weighted by molar-refractivity contribution is -0.155. The lowest BCUT2D eigenvalue weighted by Gasteiger charge is -2.46. The molecule has 2 saturated heterocycles. The van der Waals surface area contributed by atoms with Crippen molar-refractivity contribution < 1.29 is 18.7 Å². The van der Waals surface area contributed by atoms with Gasteiger partial charge in [-0.3, -0.25) is 9.59 Å². The summed E-state index contributed by atoms with van der Waals surface area (Å²) >= 11 is 0. The number of hydrogen-bond donors (Lipinski definition) is 0. The van der Waals surface area contributed by atoms with Gasteiger partial charge in [0, 0.05) is 26.6 Å². The molecule has 1 aromatic carbocycles. The molecule has 2 heterocycles. The molecule has 0 aliphatic carbocycles. The van der Waals surface area contributed by atoms with Crippen molar-refractivity contribution in [1.29, 1.82) is 0 Å². The first-order valence-electron chi connectivity index (χ1n) is 10.1.